The maximum Gasteiger partial charge on any atom is 0.318 e. The second-order valence-electron chi connectivity index (χ2n) is 6.26. The molecular weight excluding hydrogens is 362 g/mol. The summed E-state index contributed by atoms with van der Waals surface area (Å²) in [5, 5.41) is 11.4. The van der Waals surface area contributed by atoms with Gasteiger partial charge in [0.1, 0.15) is 18.1 Å². The van der Waals surface area contributed by atoms with E-state index >= 15 is 0 Å². The molecule has 7 nitrogen and oxygen atoms in total. The van der Waals surface area contributed by atoms with Gasteiger partial charge in [0.2, 0.25) is 0 Å². The lowest BCUT2D eigenvalue weighted by Gasteiger charge is -2.13. The van der Waals surface area contributed by atoms with Crippen LogP contribution >= 0.6 is 0 Å². The highest BCUT2D eigenvalue weighted by atomic mass is 16.9. The maximum atomic E-state index is 12.5. The summed E-state index contributed by atoms with van der Waals surface area (Å²) in [6, 6.07) is 18.0. The minimum absolute atomic E-state index is 0.206. The molecule has 7 heteroatoms. The molecule has 144 valence electrons. The molecule has 0 heterocycles. The molecule has 1 unspecified atom stereocenters. The third-order valence-corrected chi connectivity index (χ3v) is 4.38. The van der Waals surface area contributed by atoms with Crippen molar-refractivity contribution in [2.75, 3.05) is 7.11 Å². The van der Waals surface area contributed by atoms with E-state index in [0.717, 1.165) is 22.1 Å². The molecule has 0 saturated carbocycles. The average Bonchev–Trinajstić information content (AvgIpc) is 2.71. The molecule has 3 aromatic carbocycles. The van der Waals surface area contributed by atoms with Crippen molar-refractivity contribution in [3.05, 3.63) is 81.9 Å². The zero-order valence-corrected chi connectivity index (χ0v) is 15.5. The number of rotatable bonds is 7. The van der Waals surface area contributed by atoms with Gasteiger partial charge < -0.3 is 14.3 Å². The number of hydrogen-bond acceptors (Lipinski definition) is 6. The molecule has 0 aliphatic heterocycles. The minimum Gasteiger partial charge on any atom is -0.497 e. The second kappa shape index (κ2) is 8.39. The first-order valence-corrected chi connectivity index (χ1v) is 8.62. The number of nitrogens with zero attached hydrogens (tertiary/aromatic N) is 1. The van der Waals surface area contributed by atoms with Crippen LogP contribution in [0.15, 0.2) is 60.7 Å². The summed E-state index contributed by atoms with van der Waals surface area (Å²) < 4.78 is 10.7. The summed E-state index contributed by atoms with van der Waals surface area (Å²) in [7, 11) is 1.62. The smallest absolute Gasteiger partial charge is 0.318 e. The van der Waals surface area contributed by atoms with Gasteiger partial charge in [0.15, 0.2) is 0 Å². The van der Waals surface area contributed by atoms with E-state index in [1.165, 1.54) is 0 Å². The van der Waals surface area contributed by atoms with Gasteiger partial charge in [-0.05, 0) is 53.1 Å². The zero-order valence-electron chi connectivity index (χ0n) is 15.5. The Morgan fingerprint density at radius 1 is 1.04 bits per heavy atom. The van der Waals surface area contributed by atoms with Gasteiger partial charge in [-0.15, -0.1) is 10.1 Å². The zero-order chi connectivity index (χ0) is 20.1. The summed E-state index contributed by atoms with van der Waals surface area (Å²) in [4.78, 5) is 27.2. The van der Waals surface area contributed by atoms with Gasteiger partial charge in [0, 0.05) is 0 Å². The van der Waals surface area contributed by atoms with Gasteiger partial charge in [-0.2, -0.15) is 0 Å². The van der Waals surface area contributed by atoms with Crippen molar-refractivity contribution in [3.63, 3.8) is 0 Å². The molecule has 3 aromatic rings. The fourth-order valence-corrected chi connectivity index (χ4v) is 2.81. The van der Waals surface area contributed by atoms with Gasteiger partial charge >= 0.3 is 5.97 Å². The molecule has 0 aromatic heterocycles. The van der Waals surface area contributed by atoms with Crippen LogP contribution in [-0.2, 0) is 16.2 Å². The SMILES string of the molecule is COc1ccc2cc(C(C)C(=O)Oc3cccc(CO[N+](=O)[O-])c3)ccc2c1. The van der Waals surface area contributed by atoms with Crippen LogP contribution in [0.1, 0.15) is 24.0 Å². The molecule has 0 N–H and O–H groups in total. The van der Waals surface area contributed by atoms with E-state index in [4.69, 9.17) is 9.47 Å². The highest BCUT2D eigenvalue weighted by Crippen LogP contribution is 2.26. The molecule has 0 saturated heterocycles. The molecule has 1 atom stereocenters. The van der Waals surface area contributed by atoms with Gasteiger partial charge in [-0.25, -0.2) is 0 Å². The van der Waals surface area contributed by atoms with E-state index in [9.17, 15) is 14.9 Å². The fraction of sp³-hybridized carbons (Fsp3) is 0.190. The van der Waals surface area contributed by atoms with Crippen LogP contribution in [0.5, 0.6) is 11.5 Å². The first-order valence-electron chi connectivity index (χ1n) is 8.62. The van der Waals surface area contributed by atoms with E-state index in [-0.39, 0.29) is 6.61 Å². The molecular formula is C21H19NO6. The van der Waals surface area contributed by atoms with Crippen molar-refractivity contribution in [2.45, 2.75) is 19.4 Å². The summed E-state index contributed by atoms with van der Waals surface area (Å²) in [6.07, 6.45) is 0. The van der Waals surface area contributed by atoms with Crippen molar-refractivity contribution in [1.29, 1.82) is 0 Å². The Kier molecular flexibility index (Phi) is 5.74. The first-order chi connectivity index (χ1) is 13.5. The molecule has 0 bridgehead atoms. The van der Waals surface area contributed by atoms with Crippen molar-refractivity contribution in [1.82, 2.24) is 0 Å². The van der Waals surface area contributed by atoms with Gasteiger partial charge in [-0.1, -0.05) is 36.4 Å². The number of ether oxygens (including phenoxy) is 2. The largest absolute Gasteiger partial charge is 0.497 e. The second-order valence-corrected chi connectivity index (χ2v) is 6.26. The number of hydrogen-bond donors (Lipinski definition) is 0. The van der Waals surface area contributed by atoms with Crippen LogP contribution in [0.4, 0.5) is 0 Å². The van der Waals surface area contributed by atoms with Gasteiger partial charge in [0.05, 0.1) is 13.0 Å². The molecule has 0 radical (unpaired) electrons. The number of carbonyl (C=O) groups excluding carboxylic acids is 1. The monoisotopic (exact) mass is 381 g/mol. The molecule has 28 heavy (non-hydrogen) atoms. The average molecular weight is 381 g/mol. The number of carbonyl (C=O) groups is 1. The van der Waals surface area contributed by atoms with Crippen molar-refractivity contribution >= 4 is 16.7 Å². The van der Waals surface area contributed by atoms with E-state index in [1.807, 2.05) is 36.4 Å². The summed E-state index contributed by atoms with van der Waals surface area (Å²) >= 11 is 0. The first kappa shape index (κ1) is 19.2. The van der Waals surface area contributed by atoms with Crippen LogP contribution in [0.3, 0.4) is 0 Å². The van der Waals surface area contributed by atoms with E-state index in [1.54, 1.807) is 38.3 Å². The fourth-order valence-electron chi connectivity index (χ4n) is 2.81. The molecule has 3 rings (SSSR count). The highest BCUT2D eigenvalue weighted by molar-refractivity contribution is 5.87. The third-order valence-electron chi connectivity index (χ3n) is 4.38. The van der Waals surface area contributed by atoms with E-state index in [2.05, 4.69) is 4.84 Å². The summed E-state index contributed by atoms with van der Waals surface area (Å²) in [5.41, 5.74) is 1.37. The van der Waals surface area contributed by atoms with Crippen LogP contribution in [0.25, 0.3) is 10.8 Å². The number of benzene rings is 3. The Hall–Kier alpha value is -3.61. The van der Waals surface area contributed by atoms with Crippen molar-refractivity contribution in [3.8, 4) is 11.5 Å². The Bertz CT molecular complexity index is 1020. The highest BCUT2D eigenvalue weighted by Gasteiger charge is 2.18. The normalized spacial score (nSPS) is 11.6. The van der Waals surface area contributed by atoms with Crippen LogP contribution in [0.2, 0.25) is 0 Å². The lowest BCUT2D eigenvalue weighted by atomic mass is 9.98. The van der Waals surface area contributed by atoms with Crippen LogP contribution < -0.4 is 9.47 Å². The lowest BCUT2D eigenvalue weighted by Crippen LogP contribution is -2.16. The number of methoxy groups -OCH3 is 1. The minimum atomic E-state index is -0.865. The molecule has 0 amide bonds. The van der Waals surface area contributed by atoms with Gasteiger partial charge in [-0.3, -0.25) is 4.79 Å². The van der Waals surface area contributed by atoms with Crippen LogP contribution in [0, 0.1) is 10.1 Å². The van der Waals surface area contributed by atoms with Crippen molar-refractivity contribution < 1.29 is 24.2 Å². The molecule has 0 fully saturated rings. The van der Waals surface area contributed by atoms with E-state index < -0.39 is 17.0 Å². The Morgan fingerprint density at radius 3 is 2.54 bits per heavy atom. The van der Waals surface area contributed by atoms with Crippen molar-refractivity contribution in [2.24, 2.45) is 0 Å². The van der Waals surface area contributed by atoms with E-state index in [0.29, 0.717) is 11.3 Å². The molecule has 0 aliphatic carbocycles. The predicted octanol–water partition coefficient (Wildman–Crippen LogP) is 4.27. The standard InChI is InChI=1S/C21H19NO6/c1-14(16-6-7-18-12-19(26-2)9-8-17(18)11-16)21(23)28-20-5-3-4-15(10-20)13-27-22(24)25/h3-12,14H,13H2,1-2H3. The summed E-state index contributed by atoms with van der Waals surface area (Å²) in [5.74, 6) is 0.186. The molecule has 0 spiro atoms. The number of fused-ring (bicyclic) bond motifs is 1. The Balaban J connectivity index is 1.73. The maximum absolute atomic E-state index is 12.5. The Labute approximate surface area is 161 Å². The number of esters is 1. The quantitative estimate of drug-likeness (QED) is 0.263. The van der Waals surface area contributed by atoms with Gasteiger partial charge in [0.25, 0.3) is 5.09 Å². The Morgan fingerprint density at radius 2 is 1.79 bits per heavy atom. The third kappa shape index (κ3) is 4.56. The topological polar surface area (TPSA) is 87.9 Å². The molecule has 0 aliphatic rings. The summed E-state index contributed by atoms with van der Waals surface area (Å²) in [6.45, 7) is 1.56. The predicted molar refractivity (Wildman–Crippen MR) is 103 cm³/mol. The lowest BCUT2D eigenvalue weighted by molar-refractivity contribution is -0.763. The van der Waals surface area contributed by atoms with Crippen LogP contribution in [-0.4, -0.2) is 18.2 Å².